The van der Waals surface area contributed by atoms with Gasteiger partial charge in [-0.2, -0.15) is 13.2 Å². The number of aromatic nitrogens is 2. The number of hydrogen-bond acceptors (Lipinski definition) is 2. The molecule has 0 saturated carbocycles. The molecule has 8 heteroatoms. The Hall–Kier alpha value is -2.87. The van der Waals surface area contributed by atoms with E-state index in [2.05, 4.69) is 14.9 Å². The van der Waals surface area contributed by atoms with Crippen LogP contribution in [0.1, 0.15) is 22.9 Å². The summed E-state index contributed by atoms with van der Waals surface area (Å²) in [5, 5.41) is 3.53. The number of benzene rings is 1. The van der Waals surface area contributed by atoms with Gasteiger partial charge in [0.05, 0.1) is 11.6 Å². The highest BCUT2D eigenvalue weighted by Crippen LogP contribution is 2.33. The van der Waals surface area contributed by atoms with Crippen LogP contribution >= 0.6 is 12.2 Å². The smallest absolute Gasteiger partial charge is 0.348 e. The van der Waals surface area contributed by atoms with E-state index in [1.54, 1.807) is 12.4 Å². The van der Waals surface area contributed by atoms with Crippen LogP contribution in [0.25, 0.3) is 0 Å². The minimum Gasteiger partial charge on any atom is -0.348 e. The molecule has 0 spiro atoms. The zero-order valence-corrected chi connectivity index (χ0v) is 15.5. The van der Waals surface area contributed by atoms with Crippen molar-refractivity contribution in [1.29, 1.82) is 0 Å². The van der Waals surface area contributed by atoms with Crippen molar-refractivity contribution in [3.05, 3.63) is 83.9 Å². The maximum Gasteiger partial charge on any atom is 0.416 e. The van der Waals surface area contributed by atoms with E-state index in [0.717, 1.165) is 29.9 Å². The maximum absolute atomic E-state index is 12.8. The van der Waals surface area contributed by atoms with E-state index < -0.39 is 11.7 Å². The summed E-state index contributed by atoms with van der Waals surface area (Å²) in [6, 6.07) is 12.7. The fourth-order valence-corrected chi connectivity index (χ4v) is 3.74. The van der Waals surface area contributed by atoms with Gasteiger partial charge in [-0.15, -0.1) is 0 Å². The summed E-state index contributed by atoms with van der Waals surface area (Å²) in [6.07, 6.45) is 1.20. The number of halogens is 3. The van der Waals surface area contributed by atoms with Crippen molar-refractivity contribution in [3.8, 4) is 0 Å². The highest BCUT2D eigenvalue weighted by molar-refractivity contribution is 7.80. The summed E-state index contributed by atoms with van der Waals surface area (Å²) in [5.74, 6) is 0. The van der Waals surface area contributed by atoms with E-state index >= 15 is 0 Å². The van der Waals surface area contributed by atoms with Gasteiger partial charge in [-0.25, -0.2) is 0 Å². The first kappa shape index (κ1) is 18.5. The van der Waals surface area contributed by atoms with Gasteiger partial charge in [-0.3, -0.25) is 4.98 Å². The van der Waals surface area contributed by atoms with Crippen LogP contribution in [0.5, 0.6) is 0 Å². The number of thiocarbonyl (C=S) groups is 1. The minimum absolute atomic E-state index is 0.119. The number of hydrogen-bond donors (Lipinski definition) is 1. The fourth-order valence-electron chi connectivity index (χ4n) is 3.43. The van der Waals surface area contributed by atoms with Crippen molar-refractivity contribution in [3.63, 3.8) is 0 Å². The molecule has 0 unspecified atom stereocenters. The van der Waals surface area contributed by atoms with Gasteiger partial charge in [0.2, 0.25) is 0 Å². The molecule has 0 radical (unpaired) electrons. The molecule has 0 saturated heterocycles. The van der Waals surface area contributed by atoms with Crippen molar-refractivity contribution >= 4 is 23.0 Å². The molecule has 2 aromatic heterocycles. The van der Waals surface area contributed by atoms with Crippen molar-refractivity contribution in [2.24, 2.45) is 0 Å². The van der Waals surface area contributed by atoms with Crippen LogP contribution in [0, 0.1) is 0 Å². The topological polar surface area (TPSA) is 33.1 Å². The van der Waals surface area contributed by atoms with E-state index in [1.165, 1.54) is 12.1 Å². The standard InChI is InChI=1S/C20H17F3N4S/c21-20(22,23)15-5-7-16(8-6-15)25-19(28)27-12-11-26-10-2-4-17(26)18(27)14-3-1-9-24-13-14/h1-10,13,18H,11-12H2,(H,25,28)/t18-/m1/s1. The normalized spacial score (nSPS) is 16.5. The molecule has 3 heterocycles. The maximum atomic E-state index is 12.8. The van der Waals surface area contributed by atoms with Gasteiger partial charge in [-0.05, 0) is 60.2 Å². The molecule has 0 aliphatic carbocycles. The summed E-state index contributed by atoms with van der Waals surface area (Å²) < 4.78 is 40.5. The lowest BCUT2D eigenvalue weighted by molar-refractivity contribution is -0.137. The van der Waals surface area contributed by atoms with Crippen LogP contribution in [-0.2, 0) is 12.7 Å². The van der Waals surface area contributed by atoms with E-state index in [0.29, 0.717) is 17.3 Å². The molecule has 144 valence electrons. The number of nitrogens with one attached hydrogen (secondary N) is 1. The minimum atomic E-state index is -4.36. The average molecular weight is 402 g/mol. The highest BCUT2D eigenvalue weighted by Gasteiger charge is 2.32. The lowest BCUT2D eigenvalue weighted by atomic mass is 10.0. The lowest BCUT2D eigenvalue weighted by Crippen LogP contribution is -2.44. The van der Waals surface area contributed by atoms with E-state index in [1.807, 2.05) is 35.4 Å². The molecule has 1 N–H and O–H groups in total. The highest BCUT2D eigenvalue weighted by atomic mass is 32.1. The van der Waals surface area contributed by atoms with Gasteiger partial charge in [0, 0.05) is 43.1 Å². The Morgan fingerprint density at radius 1 is 1.07 bits per heavy atom. The molecule has 0 fully saturated rings. The quantitative estimate of drug-likeness (QED) is 0.630. The predicted octanol–water partition coefficient (Wildman–Crippen LogP) is 4.70. The van der Waals surface area contributed by atoms with Crippen LogP contribution in [-0.4, -0.2) is 26.1 Å². The molecule has 0 amide bonds. The number of pyridine rings is 1. The van der Waals surface area contributed by atoms with Gasteiger partial charge >= 0.3 is 6.18 Å². The summed E-state index contributed by atoms with van der Waals surface area (Å²) in [4.78, 5) is 6.26. The Balaban J connectivity index is 1.59. The van der Waals surface area contributed by atoms with E-state index in [9.17, 15) is 13.2 Å². The average Bonchev–Trinajstić information content (AvgIpc) is 3.16. The van der Waals surface area contributed by atoms with Crippen LogP contribution in [0.2, 0.25) is 0 Å². The second-order valence-electron chi connectivity index (χ2n) is 6.51. The first-order chi connectivity index (χ1) is 13.4. The van der Waals surface area contributed by atoms with Crippen molar-refractivity contribution in [2.75, 3.05) is 11.9 Å². The first-order valence-corrected chi connectivity index (χ1v) is 9.14. The Morgan fingerprint density at radius 3 is 2.54 bits per heavy atom. The van der Waals surface area contributed by atoms with Crippen LogP contribution in [0.15, 0.2) is 67.1 Å². The Kier molecular flexibility index (Phi) is 4.80. The Morgan fingerprint density at radius 2 is 1.86 bits per heavy atom. The molecule has 28 heavy (non-hydrogen) atoms. The molecule has 4 nitrogen and oxygen atoms in total. The number of nitrogens with zero attached hydrogens (tertiary/aromatic N) is 3. The molecule has 0 bridgehead atoms. The number of anilines is 1. The van der Waals surface area contributed by atoms with Crippen molar-refractivity contribution in [2.45, 2.75) is 18.8 Å². The molecule has 1 aromatic carbocycles. The zero-order valence-electron chi connectivity index (χ0n) is 14.7. The Labute approximate surface area is 165 Å². The fraction of sp³-hybridized carbons (Fsp3) is 0.200. The summed E-state index contributed by atoms with van der Waals surface area (Å²) >= 11 is 5.61. The van der Waals surface area contributed by atoms with Crippen LogP contribution < -0.4 is 5.32 Å². The molecule has 1 aliphatic rings. The number of fused-ring (bicyclic) bond motifs is 1. The lowest BCUT2D eigenvalue weighted by Gasteiger charge is -2.38. The van der Waals surface area contributed by atoms with Gasteiger partial charge in [-0.1, -0.05) is 6.07 Å². The SMILES string of the molecule is FC(F)(F)c1ccc(NC(=S)N2CCn3cccc3[C@H]2c2cccnc2)cc1. The molecular weight excluding hydrogens is 385 g/mol. The summed E-state index contributed by atoms with van der Waals surface area (Å²) in [5.41, 5.74) is 1.92. The second kappa shape index (κ2) is 7.27. The third-order valence-electron chi connectivity index (χ3n) is 4.76. The van der Waals surface area contributed by atoms with Crippen molar-refractivity contribution < 1.29 is 13.2 Å². The van der Waals surface area contributed by atoms with Gasteiger partial charge in [0.25, 0.3) is 0 Å². The first-order valence-electron chi connectivity index (χ1n) is 8.73. The summed E-state index contributed by atoms with van der Waals surface area (Å²) in [7, 11) is 0. The van der Waals surface area contributed by atoms with Gasteiger partial charge in [0.1, 0.15) is 0 Å². The molecule has 1 aliphatic heterocycles. The largest absolute Gasteiger partial charge is 0.416 e. The predicted molar refractivity (Wildman–Crippen MR) is 105 cm³/mol. The molecule has 1 atom stereocenters. The second-order valence-corrected chi connectivity index (χ2v) is 6.90. The summed E-state index contributed by atoms with van der Waals surface area (Å²) in [6.45, 7) is 1.45. The van der Waals surface area contributed by atoms with E-state index in [-0.39, 0.29) is 6.04 Å². The van der Waals surface area contributed by atoms with Crippen molar-refractivity contribution in [1.82, 2.24) is 14.5 Å². The number of alkyl halides is 3. The Bertz CT molecular complexity index is 967. The van der Waals surface area contributed by atoms with Gasteiger partial charge < -0.3 is 14.8 Å². The zero-order chi connectivity index (χ0) is 19.7. The monoisotopic (exact) mass is 402 g/mol. The molecular formula is C20H17F3N4S. The molecule has 4 rings (SSSR count). The van der Waals surface area contributed by atoms with Crippen LogP contribution in [0.3, 0.4) is 0 Å². The number of rotatable bonds is 2. The third-order valence-corrected chi connectivity index (χ3v) is 5.10. The molecule has 3 aromatic rings. The van der Waals surface area contributed by atoms with Gasteiger partial charge in [0.15, 0.2) is 5.11 Å². The third kappa shape index (κ3) is 3.60. The van der Waals surface area contributed by atoms with Crippen LogP contribution in [0.4, 0.5) is 18.9 Å². The van der Waals surface area contributed by atoms with E-state index in [4.69, 9.17) is 12.2 Å².